The van der Waals surface area contributed by atoms with E-state index in [2.05, 4.69) is 22.0 Å². The Bertz CT molecular complexity index is 425. The van der Waals surface area contributed by atoms with E-state index in [1.54, 1.807) is 0 Å². The largest absolute Gasteiger partial charge is 0.338 e. The number of nitrogens with two attached hydrogens (primary N) is 1. The molecule has 0 radical (unpaired) electrons. The van der Waals surface area contributed by atoms with Crippen molar-refractivity contribution in [1.82, 2.24) is 15.0 Å². The first-order valence-corrected chi connectivity index (χ1v) is 7.56. The first-order valence-electron chi connectivity index (χ1n) is 7.56. The van der Waals surface area contributed by atoms with Crippen LogP contribution in [0, 0.1) is 0 Å². The smallest absolute Gasteiger partial charge is 0.243 e. The number of halogens is 1. The number of aromatic nitrogens is 2. The Morgan fingerprint density at radius 1 is 1.15 bits per heavy atom. The Balaban J connectivity index is 0.00000147. The summed E-state index contributed by atoms with van der Waals surface area (Å²) in [7, 11) is 0. The molecule has 2 aliphatic rings. The minimum Gasteiger partial charge on any atom is -0.338 e. The fourth-order valence-corrected chi connectivity index (χ4v) is 3.03. The number of hydrogen-bond acceptors (Lipinski definition) is 5. The number of likely N-dealkylation sites (tertiary alicyclic amines) is 1. The van der Waals surface area contributed by atoms with Gasteiger partial charge in [0.1, 0.15) is 0 Å². The quantitative estimate of drug-likeness (QED) is 0.929. The van der Waals surface area contributed by atoms with Crippen LogP contribution in [0.25, 0.3) is 0 Å². The summed E-state index contributed by atoms with van der Waals surface area (Å²) in [4.78, 5) is 7.02. The lowest BCUT2D eigenvalue weighted by Gasteiger charge is -2.34. The van der Waals surface area contributed by atoms with Gasteiger partial charge in [-0.25, -0.2) is 0 Å². The van der Waals surface area contributed by atoms with Gasteiger partial charge in [-0.3, -0.25) is 4.90 Å². The van der Waals surface area contributed by atoms with Gasteiger partial charge in [0.15, 0.2) is 5.82 Å². The van der Waals surface area contributed by atoms with Crippen molar-refractivity contribution in [2.45, 2.75) is 63.5 Å². The lowest BCUT2D eigenvalue weighted by Crippen LogP contribution is -2.44. The van der Waals surface area contributed by atoms with Crippen LogP contribution in [0.1, 0.15) is 69.6 Å². The van der Waals surface area contributed by atoms with Gasteiger partial charge in [-0.2, -0.15) is 4.98 Å². The molecular formula is C14H25ClN4O. The first kappa shape index (κ1) is 15.7. The number of rotatable bonds is 3. The molecule has 2 N–H and O–H groups in total. The van der Waals surface area contributed by atoms with E-state index in [1.165, 1.54) is 32.1 Å². The zero-order valence-corrected chi connectivity index (χ0v) is 13.0. The van der Waals surface area contributed by atoms with E-state index < -0.39 is 0 Å². The molecule has 1 unspecified atom stereocenters. The Morgan fingerprint density at radius 3 is 2.35 bits per heavy atom. The molecule has 2 heterocycles. The molecule has 2 fully saturated rings. The molecule has 1 saturated carbocycles. The summed E-state index contributed by atoms with van der Waals surface area (Å²) >= 11 is 0. The van der Waals surface area contributed by atoms with Gasteiger partial charge >= 0.3 is 0 Å². The maximum absolute atomic E-state index is 6.24. The van der Waals surface area contributed by atoms with Gasteiger partial charge in [0.25, 0.3) is 0 Å². The van der Waals surface area contributed by atoms with E-state index >= 15 is 0 Å². The summed E-state index contributed by atoms with van der Waals surface area (Å²) in [5.74, 6) is 1.43. The monoisotopic (exact) mass is 300 g/mol. The summed E-state index contributed by atoms with van der Waals surface area (Å²) in [6, 6.07) is 0.211. The SMILES string of the molecule is CC(c1nc(C2(N)CCC2)no1)N1CCCCCC1.Cl. The van der Waals surface area contributed by atoms with Gasteiger partial charge in [0, 0.05) is 0 Å². The van der Waals surface area contributed by atoms with E-state index in [0.717, 1.165) is 31.8 Å². The fourth-order valence-electron chi connectivity index (χ4n) is 3.03. The number of hydrogen-bond donors (Lipinski definition) is 1. The van der Waals surface area contributed by atoms with Crippen LogP contribution >= 0.6 is 12.4 Å². The number of nitrogens with zero attached hydrogens (tertiary/aromatic N) is 3. The van der Waals surface area contributed by atoms with Crippen LogP contribution in [-0.2, 0) is 5.54 Å². The third-order valence-electron chi connectivity index (χ3n) is 4.68. The third kappa shape index (κ3) is 3.00. The zero-order chi connectivity index (χ0) is 13.3. The van der Waals surface area contributed by atoms with Crippen molar-refractivity contribution in [1.29, 1.82) is 0 Å². The molecule has 5 nitrogen and oxygen atoms in total. The molecule has 1 aliphatic carbocycles. The van der Waals surface area contributed by atoms with E-state index in [4.69, 9.17) is 10.3 Å². The molecule has 0 aromatic carbocycles. The molecule has 1 saturated heterocycles. The summed E-state index contributed by atoms with van der Waals surface area (Å²) in [5, 5.41) is 4.11. The van der Waals surface area contributed by atoms with Crippen LogP contribution in [0.5, 0.6) is 0 Å². The van der Waals surface area contributed by atoms with Gasteiger partial charge in [0.05, 0.1) is 11.6 Å². The molecule has 114 valence electrons. The van der Waals surface area contributed by atoms with E-state index in [1.807, 2.05) is 0 Å². The highest BCUT2D eigenvalue weighted by atomic mass is 35.5. The summed E-state index contributed by atoms with van der Waals surface area (Å²) in [6.07, 6.45) is 8.34. The predicted molar refractivity (Wildman–Crippen MR) is 79.7 cm³/mol. The van der Waals surface area contributed by atoms with Crippen LogP contribution in [-0.4, -0.2) is 28.1 Å². The second kappa shape index (κ2) is 6.41. The van der Waals surface area contributed by atoms with Gasteiger partial charge in [0.2, 0.25) is 5.89 Å². The van der Waals surface area contributed by atoms with Crippen LogP contribution < -0.4 is 5.73 Å². The Hall–Kier alpha value is -0.650. The lowest BCUT2D eigenvalue weighted by molar-refractivity contribution is 0.178. The predicted octanol–water partition coefficient (Wildman–Crippen LogP) is 2.77. The van der Waals surface area contributed by atoms with Gasteiger partial charge < -0.3 is 10.3 Å². The minimum absolute atomic E-state index is 0. The first-order chi connectivity index (χ1) is 9.19. The van der Waals surface area contributed by atoms with Crippen molar-refractivity contribution < 1.29 is 4.52 Å². The molecule has 1 aromatic heterocycles. The molecule has 0 spiro atoms. The average molecular weight is 301 g/mol. The highest BCUT2D eigenvalue weighted by Gasteiger charge is 2.39. The summed E-state index contributed by atoms with van der Waals surface area (Å²) < 4.78 is 5.46. The minimum atomic E-state index is -0.319. The Kier molecular flexibility index (Phi) is 5.04. The summed E-state index contributed by atoms with van der Waals surface area (Å²) in [6.45, 7) is 4.42. The van der Waals surface area contributed by atoms with Crippen molar-refractivity contribution in [3.8, 4) is 0 Å². The van der Waals surface area contributed by atoms with Crippen molar-refractivity contribution >= 4 is 12.4 Å². The molecule has 1 aromatic rings. The van der Waals surface area contributed by atoms with Gasteiger partial charge in [-0.05, 0) is 52.1 Å². The van der Waals surface area contributed by atoms with Crippen LogP contribution in [0.15, 0.2) is 4.52 Å². The van der Waals surface area contributed by atoms with Gasteiger partial charge in [-0.15, -0.1) is 12.4 Å². The third-order valence-corrected chi connectivity index (χ3v) is 4.68. The standard InChI is InChI=1S/C14H24N4O.ClH/c1-11(18-9-4-2-3-5-10-18)12-16-13(17-19-12)14(15)7-6-8-14;/h11H,2-10,15H2,1H3;1H. The maximum Gasteiger partial charge on any atom is 0.243 e. The molecule has 1 atom stereocenters. The topological polar surface area (TPSA) is 68.2 Å². The molecule has 0 amide bonds. The lowest BCUT2D eigenvalue weighted by atomic mass is 9.77. The van der Waals surface area contributed by atoms with Crippen molar-refractivity contribution in [2.24, 2.45) is 5.73 Å². The molecule has 6 heteroatoms. The highest BCUT2D eigenvalue weighted by molar-refractivity contribution is 5.85. The summed E-state index contributed by atoms with van der Waals surface area (Å²) in [5.41, 5.74) is 5.92. The van der Waals surface area contributed by atoms with E-state index in [9.17, 15) is 0 Å². The Labute approximate surface area is 126 Å². The second-order valence-corrected chi connectivity index (χ2v) is 6.09. The van der Waals surface area contributed by atoms with Crippen molar-refractivity contribution in [3.63, 3.8) is 0 Å². The van der Waals surface area contributed by atoms with Crippen LogP contribution in [0.2, 0.25) is 0 Å². The molecule has 0 bridgehead atoms. The van der Waals surface area contributed by atoms with Crippen molar-refractivity contribution in [3.05, 3.63) is 11.7 Å². The van der Waals surface area contributed by atoms with Crippen molar-refractivity contribution in [2.75, 3.05) is 13.1 Å². The highest BCUT2D eigenvalue weighted by Crippen LogP contribution is 2.37. The Morgan fingerprint density at radius 2 is 1.80 bits per heavy atom. The molecule has 3 rings (SSSR count). The second-order valence-electron chi connectivity index (χ2n) is 6.09. The molecule has 20 heavy (non-hydrogen) atoms. The zero-order valence-electron chi connectivity index (χ0n) is 12.2. The fraction of sp³-hybridized carbons (Fsp3) is 0.857. The van der Waals surface area contributed by atoms with Gasteiger partial charge in [-0.1, -0.05) is 18.0 Å². The van der Waals surface area contributed by atoms with Crippen LogP contribution in [0.4, 0.5) is 0 Å². The van der Waals surface area contributed by atoms with E-state index in [-0.39, 0.29) is 24.0 Å². The molecular weight excluding hydrogens is 276 g/mol. The average Bonchev–Trinajstić information content (AvgIpc) is 2.71. The maximum atomic E-state index is 6.24. The van der Waals surface area contributed by atoms with Crippen LogP contribution in [0.3, 0.4) is 0 Å². The normalized spacial score (nSPS) is 24.3. The molecule has 1 aliphatic heterocycles. The van der Waals surface area contributed by atoms with E-state index in [0.29, 0.717) is 5.82 Å².